The molecule has 3 aromatic rings. The van der Waals surface area contributed by atoms with Crippen molar-refractivity contribution in [2.75, 3.05) is 7.11 Å². The van der Waals surface area contributed by atoms with Gasteiger partial charge in [-0.1, -0.05) is 73.7 Å². The van der Waals surface area contributed by atoms with E-state index in [1.54, 1.807) is 11.7 Å². The zero-order valence-corrected chi connectivity index (χ0v) is 17.0. The standard InChI is InChI=1S/C25H26N2O2/c1-3-4-17-25(18-11-10-14-20-12-6-5-7-13-20)23-19-21-15-8-9-16-22(21)26(23)24(28)27(25)29-2/h5-9,12-13,15-16,19H,3-4,10,14,17H2,1-2H3. The van der Waals surface area contributed by atoms with Crippen molar-refractivity contribution in [1.82, 2.24) is 9.63 Å². The number of para-hydroxylation sites is 1. The maximum Gasteiger partial charge on any atom is 0.354 e. The number of carbonyl (C=O) groups excluding carboxylic acids is 1. The van der Waals surface area contributed by atoms with Crippen molar-refractivity contribution in [2.45, 2.75) is 44.6 Å². The third-order valence-electron chi connectivity index (χ3n) is 5.60. The third kappa shape index (κ3) is 3.32. The lowest BCUT2D eigenvalue weighted by atomic mass is 9.89. The Hall–Kier alpha value is -3.03. The van der Waals surface area contributed by atoms with Crippen LogP contribution in [0.2, 0.25) is 0 Å². The Bertz CT molecular complexity index is 1070. The van der Waals surface area contributed by atoms with Crippen molar-refractivity contribution in [2.24, 2.45) is 0 Å². The quantitative estimate of drug-likeness (QED) is 0.524. The fraction of sp³-hybridized carbons (Fsp3) is 0.320. The zero-order chi connectivity index (χ0) is 20.3. The van der Waals surface area contributed by atoms with Crippen LogP contribution in [-0.4, -0.2) is 22.8 Å². The highest BCUT2D eigenvalue weighted by molar-refractivity contribution is 5.96. The summed E-state index contributed by atoms with van der Waals surface area (Å²) in [5.74, 6) is 6.82. The second-order valence-electron chi connectivity index (χ2n) is 7.43. The van der Waals surface area contributed by atoms with Crippen molar-refractivity contribution in [3.05, 3.63) is 71.9 Å². The molecule has 0 aliphatic carbocycles. The average molecular weight is 386 g/mol. The van der Waals surface area contributed by atoms with Gasteiger partial charge in [0, 0.05) is 11.8 Å². The predicted molar refractivity (Wildman–Crippen MR) is 115 cm³/mol. The molecule has 0 radical (unpaired) electrons. The fourth-order valence-corrected chi connectivity index (χ4v) is 4.16. The molecule has 0 spiro atoms. The number of amides is 1. The van der Waals surface area contributed by atoms with Crippen LogP contribution in [0.3, 0.4) is 0 Å². The minimum atomic E-state index is -0.752. The summed E-state index contributed by atoms with van der Waals surface area (Å²) in [6.45, 7) is 2.15. The number of carbonyl (C=O) groups is 1. The van der Waals surface area contributed by atoms with Crippen LogP contribution >= 0.6 is 0 Å². The van der Waals surface area contributed by atoms with Gasteiger partial charge in [-0.25, -0.2) is 4.79 Å². The minimum absolute atomic E-state index is 0.169. The van der Waals surface area contributed by atoms with Crippen LogP contribution in [0.4, 0.5) is 4.79 Å². The molecule has 1 unspecified atom stereocenters. The first-order valence-corrected chi connectivity index (χ1v) is 10.2. The third-order valence-corrected chi connectivity index (χ3v) is 5.60. The predicted octanol–water partition coefficient (Wildman–Crippen LogP) is 5.51. The van der Waals surface area contributed by atoms with Gasteiger partial charge in [0.1, 0.15) is 0 Å². The van der Waals surface area contributed by atoms with E-state index in [0.29, 0.717) is 0 Å². The number of hydroxylamine groups is 2. The van der Waals surface area contributed by atoms with Gasteiger partial charge in [-0.15, -0.1) is 0 Å². The number of rotatable bonds is 6. The molecule has 29 heavy (non-hydrogen) atoms. The Morgan fingerprint density at radius 2 is 1.83 bits per heavy atom. The van der Waals surface area contributed by atoms with Crippen LogP contribution in [0.15, 0.2) is 60.7 Å². The number of unbranched alkanes of at least 4 members (excludes halogenated alkanes) is 1. The molecule has 0 bridgehead atoms. The summed E-state index contributed by atoms with van der Waals surface area (Å²) in [7, 11) is 1.55. The molecule has 1 amide bonds. The van der Waals surface area contributed by atoms with E-state index in [9.17, 15) is 4.79 Å². The molecule has 1 aliphatic rings. The van der Waals surface area contributed by atoms with Crippen molar-refractivity contribution in [3.8, 4) is 11.8 Å². The van der Waals surface area contributed by atoms with Gasteiger partial charge in [-0.2, -0.15) is 5.06 Å². The summed E-state index contributed by atoms with van der Waals surface area (Å²) < 4.78 is 1.76. The molecule has 1 aromatic heterocycles. The van der Waals surface area contributed by atoms with Gasteiger partial charge >= 0.3 is 6.03 Å². The van der Waals surface area contributed by atoms with Gasteiger partial charge in [0.2, 0.25) is 0 Å². The van der Waals surface area contributed by atoms with Crippen LogP contribution < -0.4 is 0 Å². The molecule has 0 saturated heterocycles. The highest BCUT2D eigenvalue weighted by Crippen LogP contribution is 2.42. The van der Waals surface area contributed by atoms with Crippen molar-refractivity contribution < 1.29 is 9.63 Å². The molecule has 4 nitrogen and oxygen atoms in total. The van der Waals surface area contributed by atoms with Crippen molar-refractivity contribution in [1.29, 1.82) is 0 Å². The summed E-state index contributed by atoms with van der Waals surface area (Å²) >= 11 is 0. The molecule has 2 aromatic carbocycles. The highest BCUT2D eigenvalue weighted by atomic mass is 16.7. The Morgan fingerprint density at radius 1 is 1.07 bits per heavy atom. The molecular weight excluding hydrogens is 360 g/mol. The minimum Gasteiger partial charge on any atom is -0.271 e. The topological polar surface area (TPSA) is 34.5 Å². The van der Waals surface area contributed by atoms with E-state index < -0.39 is 5.54 Å². The van der Waals surface area contributed by atoms with Gasteiger partial charge in [-0.05, 0) is 37.0 Å². The van der Waals surface area contributed by atoms with Gasteiger partial charge in [0.15, 0.2) is 5.54 Å². The lowest BCUT2D eigenvalue weighted by Crippen LogP contribution is -2.42. The first kappa shape index (κ1) is 19.3. The molecule has 4 heteroatoms. The van der Waals surface area contributed by atoms with Gasteiger partial charge in [0.05, 0.1) is 18.3 Å². The number of hydrogen-bond acceptors (Lipinski definition) is 2. The van der Waals surface area contributed by atoms with E-state index in [4.69, 9.17) is 4.84 Å². The van der Waals surface area contributed by atoms with E-state index >= 15 is 0 Å². The molecule has 0 N–H and O–H groups in total. The number of fused-ring (bicyclic) bond motifs is 3. The van der Waals surface area contributed by atoms with Gasteiger partial charge in [-0.3, -0.25) is 9.40 Å². The Kier molecular flexibility index (Phi) is 5.42. The first-order valence-electron chi connectivity index (χ1n) is 10.2. The first-order chi connectivity index (χ1) is 14.2. The lowest BCUT2D eigenvalue weighted by Gasteiger charge is -2.31. The number of aryl methyl sites for hydroxylation is 1. The highest BCUT2D eigenvalue weighted by Gasteiger charge is 2.50. The Labute approximate surface area is 172 Å². The van der Waals surface area contributed by atoms with Crippen LogP contribution in [0.25, 0.3) is 10.9 Å². The molecule has 1 atom stereocenters. The maximum atomic E-state index is 13.2. The summed E-state index contributed by atoms with van der Waals surface area (Å²) in [5, 5.41) is 2.53. The monoisotopic (exact) mass is 386 g/mol. The molecule has 0 saturated carbocycles. The number of aromatic nitrogens is 1. The van der Waals surface area contributed by atoms with E-state index in [1.165, 1.54) is 10.6 Å². The zero-order valence-electron chi connectivity index (χ0n) is 17.0. The summed E-state index contributed by atoms with van der Waals surface area (Å²) in [6.07, 6.45) is 4.37. The molecule has 0 fully saturated rings. The molecule has 1 aliphatic heterocycles. The van der Waals surface area contributed by atoms with E-state index in [1.807, 2.05) is 42.5 Å². The molecular formula is C25H26N2O2. The summed E-state index contributed by atoms with van der Waals surface area (Å²) in [5.41, 5.74) is 2.33. The maximum absolute atomic E-state index is 13.2. The van der Waals surface area contributed by atoms with Gasteiger partial charge in [0.25, 0.3) is 0 Å². The van der Waals surface area contributed by atoms with E-state index in [-0.39, 0.29) is 6.03 Å². The second-order valence-corrected chi connectivity index (χ2v) is 7.43. The normalized spacial score (nSPS) is 18.0. The number of benzene rings is 2. The van der Waals surface area contributed by atoms with E-state index in [2.05, 4.69) is 37.0 Å². The van der Waals surface area contributed by atoms with Crippen molar-refractivity contribution in [3.63, 3.8) is 0 Å². The molecule has 4 rings (SSSR count). The van der Waals surface area contributed by atoms with Gasteiger partial charge < -0.3 is 0 Å². The SMILES string of the molecule is CCCCC1(C#CCCc2ccccc2)c2cc3ccccc3n2C(=O)N1OC. The fourth-order valence-electron chi connectivity index (χ4n) is 4.16. The molecule has 148 valence electrons. The van der Waals surface area contributed by atoms with Crippen LogP contribution in [0.5, 0.6) is 0 Å². The second kappa shape index (κ2) is 8.14. The smallest absolute Gasteiger partial charge is 0.271 e. The Morgan fingerprint density at radius 3 is 2.59 bits per heavy atom. The Balaban J connectivity index is 1.75. The average Bonchev–Trinajstić information content (AvgIpc) is 3.25. The van der Waals surface area contributed by atoms with E-state index in [0.717, 1.165) is 48.7 Å². The van der Waals surface area contributed by atoms with Crippen molar-refractivity contribution >= 4 is 16.9 Å². The molecule has 2 heterocycles. The largest absolute Gasteiger partial charge is 0.354 e. The van der Waals surface area contributed by atoms with Crippen LogP contribution in [0, 0.1) is 11.8 Å². The number of hydrogen-bond donors (Lipinski definition) is 0. The van der Waals surface area contributed by atoms with Crippen LogP contribution in [-0.2, 0) is 16.8 Å². The van der Waals surface area contributed by atoms with Crippen LogP contribution in [0.1, 0.15) is 43.9 Å². The summed E-state index contributed by atoms with van der Waals surface area (Å²) in [6, 6.07) is 20.2. The number of nitrogens with zero attached hydrogens (tertiary/aromatic N) is 2. The summed E-state index contributed by atoms with van der Waals surface area (Å²) in [4.78, 5) is 18.8. The lowest BCUT2D eigenvalue weighted by molar-refractivity contribution is -0.134.